The number of carboxylic acids is 1. The molecule has 0 aliphatic carbocycles. The number of hydrogen-bond donors (Lipinski definition) is 2. The van der Waals surface area contributed by atoms with E-state index in [1.54, 1.807) is 12.1 Å². The Morgan fingerprint density at radius 1 is 1.23 bits per heavy atom. The average molecular weight is 382 g/mol. The summed E-state index contributed by atoms with van der Waals surface area (Å²) in [5, 5.41) is 11.7. The van der Waals surface area contributed by atoms with Gasteiger partial charge < -0.3 is 10.4 Å². The molecule has 0 spiro atoms. The van der Waals surface area contributed by atoms with Gasteiger partial charge in [0.25, 0.3) is 0 Å². The van der Waals surface area contributed by atoms with E-state index in [0.29, 0.717) is 32.4 Å². The molecule has 1 heterocycles. The zero-order valence-electron chi connectivity index (χ0n) is 15.0. The van der Waals surface area contributed by atoms with Gasteiger partial charge in [-0.25, -0.2) is 13.2 Å². The molecular weight excluding hydrogens is 356 g/mol. The maximum atomic E-state index is 12.5. The lowest BCUT2D eigenvalue weighted by atomic mass is 10.0. The highest BCUT2D eigenvalue weighted by molar-refractivity contribution is 7.89. The summed E-state index contributed by atoms with van der Waals surface area (Å²) in [5.74, 6) is -1.17. The lowest BCUT2D eigenvalue weighted by Crippen LogP contribution is -2.52. The molecule has 2 N–H and O–H groups in total. The third kappa shape index (κ3) is 5.28. The van der Waals surface area contributed by atoms with Crippen LogP contribution in [0.25, 0.3) is 0 Å². The molecule has 0 aromatic heterocycles. The third-order valence-corrected chi connectivity index (χ3v) is 6.57. The van der Waals surface area contributed by atoms with E-state index >= 15 is 0 Å². The Balaban J connectivity index is 1.92. The Morgan fingerprint density at radius 2 is 1.92 bits per heavy atom. The number of nitrogens with zero attached hydrogens (tertiary/aromatic N) is 1. The first kappa shape index (κ1) is 20.4. The average Bonchev–Trinajstić information content (AvgIpc) is 2.62. The van der Waals surface area contributed by atoms with Crippen LogP contribution >= 0.6 is 0 Å². The molecule has 1 saturated heterocycles. The number of piperidine rings is 1. The molecule has 1 amide bonds. The van der Waals surface area contributed by atoms with E-state index < -0.39 is 22.0 Å². The topological polar surface area (TPSA) is 104 Å². The molecule has 7 nitrogen and oxygen atoms in total. The zero-order chi connectivity index (χ0) is 19.2. The first-order chi connectivity index (χ1) is 12.3. The Labute approximate surface area is 154 Å². The van der Waals surface area contributed by atoms with Gasteiger partial charge in [0.2, 0.25) is 15.9 Å². The van der Waals surface area contributed by atoms with E-state index in [1.165, 1.54) is 16.4 Å². The lowest BCUT2D eigenvalue weighted by Gasteiger charge is -2.33. The number of rotatable bonds is 8. The molecule has 0 bridgehead atoms. The van der Waals surface area contributed by atoms with Crippen molar-refractivity contribution in [3.05, 3.63) is 35.4 Å². The maximum absolute atomic E-state index is 12.5. The van der Waals surface area contributed by atoms with Crippen LogP contribution < -0.4 is 5.32 Å². The number of benzene rings is 1. The molecule has 2 rings (SSSR count). The van der Waals surface area contributed by atoms with E-state index in [2.05, 4.69) is 5.32 Å². The second kappa shape index (κ2) is 9.14. The Hall–Kier alpha value is -1.93. The van der Waals surface area contributed by atoms with Crippen molar-refractivity contribution < 1.29 is 23.1 Å². The molecule has 144 valence electrons. The summed E-state index contributed by atoms with van der Waals surface area (Å²) in [7, 11) is -3.40. The Bertz CT molecular complexity index is 730. The van der Waals surface area contributed by atoms with E-state index in [4.69, 9.17) is 5.11 Å². The summed E-state index contributed by atoms with van der Waals surface area (Å²) in [4.78, 5) is 23.3. The van der Waals surface area contributed by atoms with Crippen molar-refractivity contribution in [1.29, 1.82) is 0 Å². The highest BCUT2D eigenvalue weighted by atomic mass is 32.2. The van der Waals surface area contributed by atoms with E-state index in [9.17, 15) is 18.0 Å². The fourth-order valence-corrected chi connectivity index (χ4v) is 4.88. The van der Waals surface area contributed by atoms with Gasteiger partial charge in [-0.3, -0.25) is 4.79 Å². The standard InChI is InChI=1S/C18H26N2O5S/c1-2-13-26(24,25)20-12-4-3-5-16(20)17(21)19-11-10-14-6-8-15(9-7-14)18(22)23/h6-9,16H,2-5,10-13H2,1H3,(H,19,21)(H,22,23). The Kier molecular flexibility index (Phi) is 7.16. The van der Waals surface area contributed by atoms with Gasteiger partial charge in [0, 0.05) is 13.1 Å². The molecule has 0 saturated carbocycles. The monoisotopic (exact) mass is 382 g/mol. The van der Waals surface area contributed by atoms with E-state index in [0.717, 1.165) is 18.4 Å². The summed E-state index contributed by atoms with van der Waals surface area (Å²) >= 11 is 0. The largest absolute Gasteiger partial charge is 0.478 e. The normalized spacial score (nSPS) is 18.4. The van der Waals surface area contributed by atoms with Crippen molar-refractivity contribution in [3.63, 3.8) is 0 Å². The number of aromatic carboxylic acids is 1. The highest BCUT2D eigenvalue weighted by Gasteiger charge is 2.35. The minimum absolute atomic E-state index is 0.0622. The number of carbonyl (C=O) groups is 2. The summed E-state index contributed by atoms with van der Waals surface area (Å²) < 4.78 is 26.1. The van der Waals surface area contributed by atoms with Crippen molar-refractivity contribution in [2.45, 2.75) is 45.1 Å². The first-order valence-corrected chi connectivity index (χ1v) is 10.6. The van der Waals surface area contributed by atoms with Crippen LogP contribution in [0.2, 0.25) is 0 Å². The Morgan fingerprint density at radius 3 is 2.54 bits per heavy atom. The SMILES string of the molecule is CCCS(=O)(=O)N1CCCCC1C(=O)NCCc1ccc(C(=O)O)cc1. The fraction of sp³-hybridized carbons (Fsp3) is 0.556. The summed E-state index contributed by atoms with van der Waals surface area (Å²) in [5.41, 5.74) is 1.13. The summed E-state index contributed by atoms with van der Waals surface area (Å²) in [6.45, 7) is 2.59. The number of carbonyl (C=O) groups excluding carboxylic acids is 1. The number of nitrogens with one attached hydrogen (secondary N) is 1. The van der Waals surface area contributed by atoms with Crippen molar-refractivity contribution in [2.24, 2.45) is 0 Å². The molecule has 1 aliphatic heterocycles. The number of carboxylic acid groups (broad SMARTS) is 1. The second-order valence-electron chi connectivity index (χ2n) is 6.48. The van der Waals surface area contributed by atoms with Gasteiger partial charge in [0.1, 0.15) is 6.04 Å². The quantitative estimate of drug-likeness (QED) is 0.711. The van der Waals surface area contributed by atoms with Gasteiger partial charge >= 0.3 is 5.97 Å². The van der Waals surface area contributed by atoms with Crippen molar-refractivity contribution in [1.82, 2.24) is 9.62 Å². The molecule has 1 unspecified atom stereocenters. The van der Waals surface area contributed by atoms with Crippen molar-refractivity contribution >= 4 is 21.9 Å². The molecule has 1 aromatic rings. The second-order valence-corrected chi connectivity index (χ2v) is 8.52. The maximum Gasteiger partial charge on any atom is 0.335 e. The molecule has 26 heavy (non-hydrogen) atoms. The predicted molar refractivity (Wildman–Crippen MR) is 98.5 cm³/mol. The molecular formula is C18H26N2O5S. The van der Waals surface area contributed by atoms with Gasteiger partial charge in [-0.15, -0.1) is 0 Å². The van der Waals surface area contributed by atoms with Crippen LogP contribution in [0.15, 0.2) is 24.3 Å². The van der Waals surface area contributed by atoms with Crippen molar-refractivity contribution in [3.8, 4) is 0 Å². The highest BCUT2D eigenvalue weighted by Crippen LogP contribution is 2.21. The van der Waals surface area contributed by atoms with Gasteiger partial charge in [-0.2, -0.15) is 4.31 Å². The summed E-state index contributed by atoms with van der Waals surface area (Å²) in [6.07, 6.45) is 3.25. The zero-order valence-corrected chi connectivity index (χ0v) is 15.8. The molecule has 8 heteroatoms. The lowest BCUT2D eigenvalue weighted by molar-refractivity contribution is -0.125. The summed E-state index contributed by atoms with van der Waals surface area (Å²) in [6, 6.07) is 5.86. The molecule has 1 aliphatic rings. The van der Waals surface area contributed by atoms with Gasteiger partial charge in [0.05, 0.1) is 11.3 Å². The molecule has 1 fully saturated rings. The number of amides is 1. The molecule has 1 aromatic carbocycles. The van der Waals surface area contributed by atoms with Crippen LogP contribution in [0.1, 0.15) is 48.5 Å². The van der Waals surface area contributed by atoms with Crippen LogP contribution in [0.5, 0.6) is 0 Å². The van der Waals surface area contributed by atoms with Crippen LogP contribution in [0.4, 0.5) is 0 Å². The van der Waals surface area contributed by atoms with Gasteiger partial charge in [-0.1, -0.05) is 25.5 Å². The van der Waals surface area contributed by atoms with Crippen LogP contribution in [-0.2, 0) is 21.2 Å². The number of hydrogen-bond acceptors (Lipinski definition) is 4. The fourth-order valence-electron chi connectivity index (χ4n) is 3.14. The van der Waals surface area contributed by atoms with Crippen LogP contribution in [0, 0.1) is 0 Å². The smallest absolute Gasteiger partial charge is 0.335 e. The minimum Gasteiger partial charge on any atom is -0.478 e. The van der Waals surface area contributed by atoms with Gasteiger partial charge in [-0.05, 0) is 43.4 Å². The molecule has 0 radical (unpaired) electrons. The van der Waals surface area contributed by atoms with Crippen LogP contribution in [-0.4, -0.2) is 54.6 Å². The minimum atomic E-state index is -3.40. The van der Waals surface area contributed by atoms with Crippen LogP contribution in [0.3, 0.4) is 0 Å². The van der Waals surface area contributed by atoms with E-state index in [1.807, 2.05) is 6.92 Å². The predicted octanol–water partition coefficient (Wildman–Crippen LogP) is 1.64. The number of sulfonamides is 1. The first-order valence-electron chi connectivity index (χ1n) is 8.94. The van der Waals surface area contributed by atoms with Gasteiger partial charge in [0.15, 0.2) is 0 Å². The van der Waals surface area contributed by atoms with Crippen molar-refractivity contribution in [2.75, 3.05) is 18.8 Å². The third-order valence-electron chi connectivity index (χ3n) is 4.49. The molecule has 1 atom stereocenters. The van der Waals surface area contributed by atoms with E-state index in [-0.39, 0.29) is 17.2 Å².